The molecule has 1 aliphatic rings. The number of ether oxygens (including phenoxy) is 2. The molecule has 6 N–H and O–H groups in total. The number of para-hydroxylation sites is 1. The number of carbonyl (C=O) groups is 1. The van der Waals surface area contributed by atoms with E-state index < -0.39 is 36.4 Å². The Bertz CT molecular complexity index is 697. The molecule has 0 unspecified atom stereocenters. The number of rotatable bonds is 3. The number of hydrogen-bond acceptors (Lipinski definition) is 7. The SMILES string of the molecule is O=C(O)[C@H]1O[C@@H](O)[C@H](O)[C@](O)(Oc2cc3ccccc3[nH]2)[C@@H]1O. The Kier molecular flexibility index (Phi) is 3.74. The fourth-order valence-electron chi connectivity index (χ4n) is 2.49. The zero-order chi connectivity index (χ0) is 16.8. The van der Waals surface area contributed by atoms with Crippen molar-refractivity contribution in [1.82, 2.24) is 4.98 Å². The smallest absolute Gasteiger partial charge is 0.335 e. The summed E-state index contributed by atoms with van der Waals surface area (Å²) < 4.78 is 9.77. The first-order valence-corrected chi connectivity index (χ1v) is 6.74. The Labute approximate surface area is 129 Å². The summed E-state index contributed by atoms with van der Waals surface area (Å²) in [4.78, 5) is 13.8. The molecule has 2 aromatic rings. The second kappa shape index (κ2) is 5.48. The molecule has 1 saturated heterocycles. The molecule has 2 heterocycles. The molecule has 1 aromatic carbocycles. The third kappa shape index (κ3) is 2.54. The molecule has 0 radical (unpaired) electrons. The van der Waals surface area contributed by atoms with E-state index in [0.29, 0.717) is 5.52 Å². The van der Waals surface area contributed by atoms with Crippen molar-refractivity contribution in [1.29, 1.82) is 0 Å². The van der Waals surface area contributed by atoms with Crippen LogP contribution in [0.2, 0.25) is 0 Å². The van der Waals surface area contributed by atoms with Crippen LogP contribution in [0.3, 0.4) is 0 Å². The van der Waals surface area contributed by atoms with Crippen LogP contribution >= 0.6 is 0 Å². The van der Waals surface area contributed by atoms with Crippen molar-refractivity contribution < 1.29 is 39.8 Å². The van der Waals surface area contributed by atoms with Gasteiger partial charge >= 0.3 is 5.97 Å². The van der Waals surface area contributed by atoms with Gasteiger partial charge in [0.2, 0.25) is 0 Å². The van der Waals surface area contributed by atoms with Gasteiger partial charge in [0.15, 0.2) is 30.5 Å². The predicted molar refractivity (Wildman–Crippen MR) is 74.4 cm³/mol. The van der Waals surface area contributed by atoms with Gasteiger partial charge < -0.3 is 40.0 Å². The molecular weight excluding hydrogens is 310 g/mol. The maximum absolute atomic E-state index is 11.0. The molecule has 0 aliphatic carbocycles. The van der Waals surface area contributed by atoms with E-state index in [-0.39, 0.29) is 5.88 Å². The van der Waals surface area contributed by atoms with Crippen LogP contribution in [0.5, 0.6) is 5.88 Å². The number of aromatic amines is 1. The van der Waals surface area contributed by atoms with Crippen molar-refractivity contribution in [3.05, 3.63) is 30.3 Å². The number of aliphatic hydroxyl groups is 4. The van der Waals surface area contributed by atoms with Gasteiger partial charge in [-0.1, -0.05) is 18.2 Å². The largest absolute Gasteiger partial charge is 0.479 e. The summed E-state index contributed by atoms with van der Waals surface area (Å²) in [6.45, 7) is 0. The van der Waals surface area contributed by atoms with Gasteiger partial charge in [0.05, 0.1) is 0 Å². The van der Waals surface area contributed by atoms with E-state index in [2.05, 4.69) is 9.72 Å². The number of aliphatic carboxylic acids is 1. The van der Waals surface area contributed by atoms with E-state index in [4.69, 9.17) is 9.84 Å². The van der Waals surface area contributed by atoms with Gasteiger partial charge in [0.25, 0.3) is 5.79 Å². The molecule has 0 amide bonds. The zero-order valence-electron chi connectivity index (χ0n) is 11.7. The lowest BCUT2D eigenvalue weighted by molar-refractivity contribution is -0.365. The van der Waals surface area contributed by atoms with Crippen LogP contribution in [-0.4, -0.2) is 66.9 Å². The number of carboxylic acids is 1. The van der Waals surface area contributed by atoms with Crippen LogP contribution in [0.1, 0.15) is 0 Å². The molecule has 3 rings (SSSR count). The first kappa shape index (κ1) is 15.7. The van der Waals surface area contributed by atoms with E-state index in [1.54, 1.807) is 24.3 Å². The summed E-state index contributed by atoms with van der Waals surface area (Å²) in [5.41, 5.74) is 0.664. The summed E-state index contributed by atoms with van der Waals surface area (Å²) >= 11 is 0. The topological polar surface area (TPSA) is 152 Å². The average molecular weight is 325 g/mol. The first-order valence-electron chi connectivity index (χ1n) is 6.74. The Morgan fingerprint density at radius 2 is 1.91 bits per heavy atom. The molecule has 0 spiro atoms. The highest BCUT2D eigenvalue weighted by molar-refractivity contribution is 5.81. The molecule has 1 aliphatic heterocycles. The number of aromatic nitrogens is 1. The summed E-state index contributed by atoms with van der Waals surface area (Å²) in [6, 6.07) is 8.52. The quantitative estimate of drug-likeness (QED) is 0.383. The molecule has 9 heteroatoms. The lowest BCUT2D eigenvalue weighted by atomic mass is 9.94. The zero-order valence-corrected chi connectivity index (χ0v) is 11.7. The molecule has 1 aromatic heterocycles. The van der Waals surface area contributed by atoms with Gasteiger partial charge in [-0.15, -0.1) is 0 Å². The molecule has 23 heavy (non-hydrogen) atoms. The summed E-state index contributed by atoms with van der Waals surface area (Å²) in [5.74, 6) is -4.42. The maximum atomic E-state index is 11.0. The normalized spacial score (nSPS) is 34.4. The van der Waals surface area contributed by atoms with Crippen LogP contribution in [0.4, 0.5) is 0 Å². The molecule has 1 fully saturated rings. The Morgan fingerprint density at radius 3 is 2.57 bits per heavy atom. The van der Waals surface area contributed by atoms with Crippen molar-refractivity contribution in [2.75, 3.05) is 0 Å². The number of hydrogen-bond donors (Lipinski definition) is 6. The Balaban J connectivity index is 1.95. The van der Waals surface area contributed by atoms with E-state index >= 15 is 0 Å². The molecular formula is C14H15NO8. The number of benzene rings is 1. The minimum Gasteiger partial charge on any atom is -0.479 e. The number of carboxylic acid groups (broad SMARTS) is 1. The van der Waals surface area contributed by atoms with Crippen molar-refractivity contribution in [3.63, 3.8) is 0 Å². The van der Waals surface area contributed by atoms with E-state index in [1.165, 1.54) is 6.07 Å². The molecule has 0 saturated carbocycles. The highest BCUT2D eigenvalue weighted by atomic mass is 16.7. The van der Waals surface area contributed by atoms with Gasteiger partial charge in [0.1, 0.15) is 0 Å². The monoisotopic (exact) mass is 325 g/mol. The van der Waals surface area contributed by atoms with Crippen LogP contribution in [0, 0.1) is 0 Å². The standard InChI is InChI=1S/C14H15NO8/c16-10-9(12(18)19)22-13(20)11(17)14(10,21)23-8-5-6-3-1-2-4-7(6)15-8/h1-5,9-11,13,15-17,20-21H,(H,18,19)/t9-,10+,11-,13+,14+/m0/s1. The second-order valence-corrected chi connectivity index (χ2v) is 5.25. The van der Waals surface area contributed by atoms with E-state index in [0.717, 1.165) is 5.39 Å². The number of H-pyrrole nitrogens is 1. The average Bonchev–Trinajstić information content (AvgIpc) is 2.91. The lowest BCUT2D eigenvalue weighted by Crippen LogP contribution is -2.70. The van der Waals surface area contributed by atoms with Crippen molar-refractivity contribution in [2.24, 2.45) is 0 Å². The van der Waals surface area contributed by atoms with E-state index in [1.807, 2.05) is 0 Å². The Hall–Kier alpha value is -2.17. The number of aliphatic hydroxyl groups excluding tert-OH is 3. The van der Waals surface area contributed by atoms with Crippen molar-refractivity contribution in [2.45, 2.75) is 30.4 Å². The third-order valence-electron chi connectivity index (χ3n) is 3.71. The van der Waals surface area contributed by atoms with Gasteiger partial charge in [0, 0.05) is 17.0 Å². The highest BCUT2D eigenvalue weighted by Gasteiger charge is 2.59. The van der Waals surface area contributed by atoms with Crippen LogP contribution in [0.25, 0.3) is 10.9 Å². The Morgan fingerprint density at radius 1 is 1.22 bits per heavy atom. The van der Waals surface area contributed by atoms with Gasteiger partial charge in [-0.2, -0.15) is 0 Å². The molecule has 5 atom stereocenters. The van der Waals surface area contributed by atoms with Crippen LogP contribution < -0.4 is 4.74 Å². The molecule has 9 nitrogen and oxygen atoms in total. The van der Waals surface area contributed by atoms with Gasteiger partial charge in [-0.05, 0) is 6.07 Å². The fourth-order valence-corrected chi connectivity index (χ4v) is 2.49. The van der Waals surface area contributed by atoms with Crippen molar-refractivity contribution >= 4 is 16.9 Å². The second-order valence-electron chi connectivity index (χ2n) is 5.25. The maximum Gasteiger partial charge on any atom is 0.335 e. The molecule has 124 valence electrons. The minimum atomic E-state index is -2.78. The van der Waals surface area contributed by atoms with Crippen LogP contribution in [0.15, 0.2) is 30.3 Å². The minimum absolute atomic E-state index is 0.0231. The molecule has 0 bridgehead atoms. The highest BCUT2D eigenvalue weighted by Crippen LogP contribution is 2.33. The summed E-state index contributed by atoms with van der Waals surface area (Å²) in [7, 11) is 0. The number of nitrogens with one attached hydrogen (secondary N) is 1. The lowest BCUT2D eigenvalue weighted by Gasteiger charge is -2.44. The van der Waals surface area contributed by atoms with Crippen LogP contribution in [-0.2, 0) is 9.53 Å². The fraction of sp³-hybridized carbons (Fsp3) is 0.357. The van der Waals surface area contributed by atoms with Gasteiger partial charge in [-0.25, -0.2) is 4.79 Å². The summed E-state index contributed by atoms with van der Waals surface area (Å²) in [6.07, 6.45) is -8.24. The first-order chi connectivity index (χ1) is 10.8. The van der Waals surface area contributed by atoms with E-state index in [9.17, 15) is 25.2 Å². The van der Waals surface area contributed by atoms with Gasteiger partial charge in [-0.3, -0.25) is 0 Å². The third-order valence-corrected chi connectivity index (χ3v) is 3.71. The predicted octanol–water partition coefficient (Wildman–Crippen LogP) is -1.24. The summed E-state index contributed by atoms with van der Waals surface area (Å²) in [5, 5.41) is 49.6. The number of fused-ring (bicyclic) bond motifs is 1. The van der Waals surface area contributed by atoms with Crippen molar-refractivity contribution in [3.8, 4) is 5.88 Å².